The van der Waals surface area contributed by atoms with E-state index in [2.05, 4.69) is 15.0 Å². The Morgan fingerprint density at radius 1 is 0.933 bits per heavy atom. The van der Waals surface area contributed by atoms with Crippen LogP contribution in [0.3, 0.4) is 0 Å². The van der Waals surface area contributed by atoms with Crippen LogP contribution in [0.4, 0.5) is 0 Å². The number of fused-ring (bicyclic) bond motifs is 5. The van der Waals surface area contributed by atoms with Crippen LogP contribution in [0.1, 0.15) is 103 Å². The molecule has 4 aliphatic carbocycles. The Balaban J connectivity index is 1.17. The minimum Gasteiger partial charge on any atom is -0.462 e. The summed E-state index contributed by atoms with van der Waals surface area (Å²) in [6, 6.07) is 2.79. The van der Waals surface area contributed by atoms with Crippen LogP contribution in [0.25, 0.3) is 10.9 Å². The molecule has 0 unspecified atom stereocenters. The fourth-order valence-corrected chi connectivity index (χ4v) is 12.0. The van der Waals surface area contributed by atoms with E-state index in [1.165, 1.54) is 27.7 Å². The van der Waals surface area contributed by atoms with Crippen LogP contribution in [0.5, 0.6) is 6.01 Å². The topological polar surface area (TPSA) is 217 Å². The van der Waals surface area contributed by atoms with Gasteiger partial charge in [0.25, 0.3) is 17.5 Å². The predicted octanol–water partition coefficient (Wildman–Crippen LogP) is 3.30. The van der Waals surface area contributed by atoms with Gasteiger partial charge in [0.15, 0.2) is 9.84 Å². The average molecular weight is 870 g/mol. The molecule has 1 aromatic heterocycles. The molecule has 7 atom stereocenters. The quantitative estimate of drug-likeness (QED) is 0.289. The number of amides is 3. The van der Waals surface area contributed by atoms with Crippen molar-refractivity contribution in [3.05, 3.63) is 40.7 Å². The SMILES string of the molecule is CC[C@@H]1C[C@]1(NC(=O)[C@@H]1C[C@@H]2CN1C(=O)[C@H](C1CCCC1)CC(=O)O[C@@H]1CCC[C@H]1CC/C=C/Cn1c(nc3cc(S(C)(=O)=O)ccc3c1=O)O2)C(=O)NS(=O)(=O)C1CC1. The molecular weight excluding hydrogens is 815 g/mol. The van der Waals surface area contributed by atoms with Crippen molar-refractivity contribution in [2.45, 2.75) is 144 Å². The van der Waals surface area contributed by atoms with Gasteiger partial charge in [0.1, 0.15) is 23.8 Å². The van der Waals surface area contributed by atoms with Crippen LogP contribution in [-0.2, 0) is 50.3 Å². The normalized spacial score (nSPS) is 31.0. The van der Waals surface area contributed by atoms with Crippen LogP contribution in [0.15, 0.2) is 40.0 Å². The molecule has 2 N–H and O–H groups in total. The molecule has 2 aromatic rings. The highest BCUT2D eigenvalue weighted by Crippen LogP contribution is 2.47. The largest absolute Gasteiger partial charge is 0.462 e. The molecular formula is C42H55N5O11S2. The molecule has 5 fully saturated rings. The van der Waals surface area contributed by atoms with Crippen molar-refractivity contribution in [2.24, 2.45) is 23.7 Å². The van der Waals surface area contributed by atoms with Crippen LogP contribution < -0.4 is 20.3 Å². The highest BCUT2D eigenvalue weighted by molar-refractivity contribution is 7.91. The van der Waals surface area contributed by atoms with E-state index in [-0.39, 0.29) is 78.0 Å². The fourth-order valence-electron chi connectivity index (χ4n) is 10.0. The number of hydrogen-bond acceptors (Lipinski definition) is 12. The lowest BCUT2D eigenvalue weighted by atomic mass is 9.86. The Morgan fingerprint density at radius 3 is 2.38 bits per heavy atom. The molecule has 3 heterocycles. The Labute approximate surface area is 350 Å². The van der Waals surface area contributed by atoms with Crippen LogP contribution in [0, 0.1) is 23.7 Å². The number of sulfone groups is 1. The van der Waals surface area contributed by atoms with E-state index in [0.717, 1.165) is 57.6 Å². The standard InChI is InChI=1S/C42H55N5O11S2/c1-3-27-23-42(27,40(52)45-60(55,56)29-15-16-29)44-37(49)34-20-28-24-47(34)39(51)32(25-10-6-7-11-25)22-36(48)58-35-14-9-13-26(35)12-5-4-8-19-46-38(50)31-18-17-30(59(2,53)54)21-33(31)43-41(46)57-28/h4,8,17-18,21,25-29,32,34-35H,3,5-7,9-16,19-20,22-24H2,1-2H3,(H,44,49)(H,45,52)/b8-4+/t26-,27-,28-,32+,34+,35-,42-/m1/s1. The van der Waals surface area contributed by atoms with Crippen molar-refractivity contribution in [1.82, 2.24) is 24.5 Å². The van der Waals surface area contributed by atoms with Gasteiger partial charge in [-0.05, 0) is 100 Å². The fraction of sp³-hybridized carbons (Fsp3) is 0.667. The highest BCUT2D eigenvalue weighted by atomic mass is 32.2. The van der Waals surface area contributed by atoms with Crippen molar-refractivity contribution in [2.75, 3.05) is 12.8 Å². The van der Waals surface area contributed by atoms with Crippen molar-refractivity contribution in [1.29, 1.82) is 0 Å². The van der Waals surface area contributed by atoms with Gasteiger partial charge in [0.2, 0.25) is 21.8 Å². The van der Waals surface area contributed by atoms with Crippen molar-refractivity contribution < 1.29 is 45.5 Å². The number of rotatable bonds is 8. The van der Waals surface area contributed by atoms with Gasteiger partial charge in [-0.25, -0.2) is 16.8 Å². The molecule has 1 saturated heterocycles. The van der Waals surface area contributed by atoms with Gasteiger partial charge in [0, 0.05) is 19.2 Å². The summed E-state index contributed by atoms with van der Waals surface area (Å²) >= 11 is 0. The average Bonchev–Trinajstić information content (AvgIpc) is 3.99. The molecule has 0 radical (unpaired) electrons. The third-order valence-electron chi connectivity index (χ3n) is 13.7. The lowest BCUT2D eigenvalue weighted by Gasteiger charge is -2.32. The summed E-state index contributed by atoms with van der Waals surface area (Å²) in [4.78, 5) is 77.1. The number of carbonyl (C=O) groups is 4. The van der Waals surface area contributed by atoms with Gasteiger partial charge in [-0.3, -0.25) is 33.3 Å². The Morgan fingerprint density at radius 2 is 1.68 bits per heavy atom. The zero-order valence-electron chi connectivity index (χ0n) is 34.2. The van der Waals surface area contributed by atoms with Gasteiger partial charge >= 0.3 is 5.97 Å². The predicted molar refractivity (Wildman–Crippen MR) is 219 cm³/mol. The zero-order chi connectivity index (χ0) is 42.6. The lowest BCUT2D eigenvalue weighted by molar-refractivity contribution is -0.156. The van der Waals surface area contributed by atoms with Crippen LogP contribution in [-0.4, -0.2) is 96.8 Å². The summed E-state index contributed by atoms with van der Waals surface area (Å²) in [7, 11) is -7.57. The summed E-state index contributed by atoms with van der Waals surface area (Å²) in [6.45, 7) is 1.79. The van der Waals surface area contributed by atoms with E-state index in [1.54, 1.807) is 0 Å². The molecule has 6 aliphatic rings. The number of nitrogens with one attached hydrogen (secondary N) is 2. The maximum atomic E-state index is 15.0. The second-order valence-corrected chi connectivity index (χ2v) is 21.8. The Hall–Kier alpha value is -4.32. The molecule has 8 rings (SSSR count). The molecule has 16 nitrogen and oxygen atoms in total. The highest BCUT2D eigenvalue weighted by Gasteiger charge is 2.62. The molecule has 60 heavy (non-hydrogen) atoms. The third kappa shape index (κ3) is 8.59. The second-order valence-electron chi connectivity index (χ2n) is 17.8. The molecule has 326 valence electrons. The molecule has 18 heteroatoms. The monoisotopic (exact) mass is 869 g/mol. The number of aromatic nitrogens is 2. The van der Waals surface area contributed by atoms with Gasteiger partial charge in [-0.2, -0.15) is 4.98 Å². The first-order valence-corrected chi connectivity index (χ1v) is 25.0. The number of carbonyl (C=O) groups excluding carboxylic acids is 4. The summed E-state index contributed by atoms with van der Waals surface area (Å²) in [5.41, 5.74) is -1.86. The van der Waals surface area contributed by atoms with Gasteiger partial charge in [0.05, 0.1) is 39.9 Å². The summed E-state index contributed by atoms with van der Waals surface area (Å²) in [5.74, 6) is -3.45. The van der Waals surface area contributed by atoms with E-state index in [4.69, 9.17) is 9.47 Å². The second kappa shape index (κ2) is 16.5. The van der Waals surface area contributed by atoms with Crippen molar-refractivity contribution in [3.63, 3.8) is 0 Å². The maximum Gasteiger partial charge on any atom is 0.306 e. The van der Waals surface area contributed by atoms with E-state index >= 15 is 0 Å². The number of hydrogen-bond donors (Lipinski definition) is 2. The Bertz CT molecular complexity index is 2370. The van der Waals surface area contributed by atoms with Crippen molar-refractivity contribution in [3.8, 4) is 6.01 Å². The van der Waals surface area contributed by atoms with E-state index in [9.17, 15) is 40.8 Å². The molecule has 4 saturated carbocycles. The van der Waals surface area contributed by atoms with Gasteiger partial charge < -0.3 is 19.7 Å². The van der Waals surface area contributed by atoms with Crippen LogP contribution in [0.2, 0.25) is 0 Å². The smallest absolute Gasteiger partial charge is 0.306 e. The van der Waals surface area contributed by atoms with E-state index in [0.29, 0.717) is 25.7 Å². The number of sulfonamides is 1. The van der Waals surface area contributed by atoms with Crippen molar-refractivity contribution >= 4 is 54.5 Å². The number of allylic oxidation sites excluding steroid dienone is 2. The number of nitrogens with zero attached hydrogens (tertiary/aromatic N) is 3. The number of ether oxygens (including phenoxy) is 2. The first kappa shape index (κ1) is 42.4. The number of benzene rings is 1. The zero-order valence-corrected chi connectivity index (χ0v) is 35.8. The molecule has 3 amide bonds. The molecule has 1 aromatic carbocycles. The van der Waals surface area contributed by atoms with Gasteiger partial charge in [-0.1, -0.05) is 38.3 Å². The summed E-state index contributed by atoms with van der Waals surface area (Å²) in [5, 5.41) is 2.40. The lowest BCUT2D eigenvalue weighted by Crippen LogP contribution is -2.57. The first-order valence-electron chi connectivity index (χ1n) is 21.5. The minimum absolute atomic E-state index is 0.0311. The molecule has 0 spiro atoms. The summed E-state index contributed by atoms with van der Waals surface area (Å²) in [6.07, 6.45) is 12.3. The van der Waals surface area contributed by atoms with E-state index < -0.39 is 78.0 Å². The van der Waals surface area contributed by atoms with E-state index in [1.807, 2.05) is 19.1 Å². The number of esters is 1. The minimum atomic E-state index is -3.92. The summed E-state index contributed by atoms with van der Waals surface area (Å²) < 4.78 is 66.8. The maximum absolute atomic E-state index is 15.0. The molecule has 2 aliphatic heterocycles. The van der Waals surface area contributed by atoms with Gasteiger partial charge in [-0.15, -0.1) is 0 Å². The Kier molecular flexibility index (Phi) is 11.7. The third-order valence-corrected chi connectivity index (χ3v) is 16.6. The molecule has 2 bridgehead atoms. The first-order chi connectivity index (χ1) is 28.6. The van der Waals surface area contributed by atoms with Crippen LogP contribution >= 0.6 is 0 Å².